The number of phenols is 1. The van der Waals surface area contributed by atoms with Crippen LogP contribution in [-0.2, 0) is 0 Å². The van der Waals surface area contributed by atoms with Crippen molar-refractivity contribution in [3.8, 4) is 5.75 Å². The predicted molar refractivity (Wildman–Crippen MR) is 78.8 cm³/mol. The molecule has 1 fully saturated rings. The number of phenolic OH excluding ortho intramolecular Hbond substituents is 1. The number of aryl methyl sites for hydroxylation is 1. The topological polar surface area (TPSA) is 69.8 Å². The minimum absolute atomic E-state index is 0.0353. The lowest BCUT2D eigenvalue weighted by Crippen LogP contribution is -2.52. The van der Waals surface area contributed by atoms with E-state index in [0.29, 0.717) is 18.2 Å². The number of amides is 1. The fourth-order valence-corrected chi connectivity index (χ4v) is 2.49. The van der Waals surface area contributed by atoms with Gasteiger partial charge in [-0.25, -0.2) is 0 Å². The van der Waals surface area contributed by atoms with E-state index in [1.807, 2.05) is 4.90 Å². The first-order chi connectivity index (χ1) is 9.52. The van der Waals surface area contributed by atoms with Crippen molar-refractivity contribution in [3.63, 3.8) is 0 Å². The summed E-state index contributed by atoms with van der Waals surface area (Å²) in [5, 5.41) is 9.52. The lowest BCUT2D eigenvalue weighted by Gasteiger charge is -2.37. The maximum Gasteiger partial charge on any atom is 0.253 e. The fraction of sp³-hybridized carbons (Fsp3) is 0.533. The average molecular weight is 277 g/mol. The van der Waals surface area contributed by atoms with Crippen LogP contribution >= 0.6 is 0 Å². The normalized spacial score (nSPS) is 18.1. The minimum atomic E-state index is 0.0353. The standard InChI is InChI=1S/C15H23N3O2/c1-11-9-13(3-4-14(11)19)15(20)18-7-5-17(6-8-18)12(2)10-16/h3-4,9,12,19H,5-8,10,16H2,1-2H3. The van der Waals surface area contributed by atoms with Gasteiger partial charge >= 0.3 is 0 Å². The minimum Gasteiger partial charge on any atom is -0.508 e. The SMILES string of the molecule is Cc1cc(C(=O)N2CCN(C(C)CN)CC2)ccc1O. The molecule has 1 heterocycles. The second-order valence-corrected chi connectivity index (χ2v) is 5.41. The van der Waals surface area contributed by atoms with Gasteiger partial charge in [-0.3, -0.25) is 9.69 Å². The Labute approximate surface area is 120 Å². The van der Waals surface area contributed by atoms with Gasteiger partial charge in [0.1, 0.15) is 5.75 Å². The highest BCUT2D eigenvalue weighted by molar-refractivity contribution is 5.94. The number of nitrogens with two attached hydrogens (primary N) is 1. The van der Waals surface area contributed by atoms with Crippen molar-refractivity contribution in [1.29, 1.82) is 0 Å². The molecule has 5 heteroatoms. The number of nitrogens with zero attached hydrogens (tertiary/aromatic N) is 2. The zero-order valence-electron chi connectivity index (χ0n) is 12.2. The maximum absolute atomic E-state index is 12.4. The molecule has 1 unspecified atom stereocenters. The van der Waals surface area contributed by atoms with Crippen LogP contribution in [0.15, 0.2) is 18.2 Å². The summed E-state index contributed by atoms with van der Waals surface area (Å²) in [5.41, 5.74) is 7.04. The van der Waals surface area contributed by atoms with Crippen molar-refractivity contribution in [2.24, 2.45) is 5.73 Å². The van der Waals surface area contributed by atoms with Crippen molar-refractivity contribution in [3.05, 3.63) is 29.3 Å². The van der Waals surface area contributed by atoms with E-state index in [9.17, 15) is 9.90 Å². The largest absolute Gasteiger partial charge is 0.508 e. The highest BCUT2D eigenvalue weighted by Crippen LogP contribution is 2.18. The van der Waals surface area contributed by atoms with Crippen LogP contribution in [0.1, 0.15) is 22.8 Å². The van der Waals surface area contributed by atoms with Crippen molar-refractivity contribution in [2.45, 2.75) is 19.9 Å². The Morgan fingerprint density at radius 1 is 1.35 bits per heavy atom. The lowest BCUT2D eigenvalue weighted by molar-refractivity contribution is 0.0589. The van der Waals surface area contributed by atoms with Gasteiger partial charge in [-0.05, 0) is 37.6 Å². The Morgan fingerprint density at radius 3 is 2.55 bits per heavy atom. The molecule has 2 rings (SSSR count). The lowest BCUT2D eigenvalue weighted by atomic mass is 10.1. The summed E-state index contributed by atoms with van der Waals surface area (Å²) in [6, 6.07) is 5.37. The average Bonchev–Trinajstić information content (AvgIpc) is 2.48. The molecule has 0 bridgehead atoms. The van der Waals surface area contributed by atoms with Gasteiger partial charge in [0.25, 0.3) is 5.91 Å². The van der Waals surface area contributed by atoms with E-state index >= 15 is 0 Å². The number of aromatic hydroxyl groups is 1. The number of piperazine rings is 1. The first-order valence-electron chi connectivity index (χ1n) is 7.06. The molecule has 1 amide bonds. The summed E-state index contributed by atoms with van der Waals surface area (Å²) in [6.07, 6.45) is 0. The highest BCUT2D eigenvalue weighted by Gasteiger charge is 2.24. The maximum atomic E-state index is 12.4. The number of benzene rings is 1. The Bertz CT molecular complexity index is 482. The van der Waals surface area contributed by atoms with E-state index in [1.165, 1.54) is 0 Å². The smallest absolute Gasteiger partial charge is 0.253 e. The second-order valence-electron chi connectivity index (χ2n) is 5.41. The molecule has 1 aromatic rings. The van der Waals surface area contributed by atoms with Crippen LogP contribution in [0.25, 0.3) is 0 Å². The van der Waals surface area contributed by atoms with Crippen LogP contribution in [0.2, 0.25) is 0 Å². The molecule has 110 valence electrons. The molecule has 1 atom stereocenters. The van der Waals surface area contributed by atoms with Gasteiger partial charge in [-0.2, -0.15) is 0 Å². The Balaban J connectivity index is 1.99. The van der Waals surface area contributed by atoms with Crippen LogP contribution in [-0.4, -0.2) is 59.6 Å². The molecule has 0 aliphatic carbocycles. The Hall–Kier alpha value is -1.59. The molecule has 1 aromatic carbocycles. The van der Waals surface area contributed by atoms with Gasteiger partial charge in [-0.1, -0.05) is 0 Å². The molecule has 0 spiro atoms. The molecule has 0 radical (unpaired) electrons. The summed E-state index contributed by atoms with van der Waals surface area (Å²) in [6.45, 7) is 7.73. The molecule has 0 saturated carbocycles. The quantitative estimate of drug-likeness (QED) is 0.857. The predicted octanol–water partition coefficient (Wildman–Crippen LogP) is 0.806. The van der Waals surface area contributed by atoms with E-state index in [4.69, 9.17) is 5.73 Å². The zero-order chi connectivity index (χ0) is 14.7. The number of hydrogen-bond donors (Lipinski definition) is 2. The molecule has 3 N–H and O–H groups in total. The van der Waals surface area contributed by atoms with Crippen LogP contribution in [0.4, 0.5) is 0 Å². The van der Waals surface area contributed by atoms with Crippen LogP contribution in [0.3, 0.4) is 0 Å². The summed E-state index contributed by atoms with van der Waals surface area (Å²) in [5.74, 6) is 0.260. The van der Waals surface area contributed by atoms with Crippen LogP contribution < -0.4 is 5.73 Å². The number of hydrogen-bond acceptors (Lipinski definition) is 4. The summed E-state index contributed by atoms with van der Waals surface area (Å²) >= 11 is 0. The molecule has 0 aromatic heterocycles. The fourth-order valence-electron chi connectivity index (χ4n) is 2.49. The van der Waals surface area contributed by atoms with Gasteiger partial charge in [0.2, 0.25) is 0 Å². The first kappa shape index (κ1) is 14.8. The molecule has 1 aliphatic rings. The summed E-state index contributed by atoms with van der Waals surface area (Å²) in [4.78, 5) is 16.6. The van der Waals surface area contributed by atoms with E-state index in [0.717, 1.165) is 31.7 Å². The third kappa shape index (κ3) is 3.11. The van der Waals surface area contributed by atoms with Gasteiger partial charge in [0, 0.05) is 44.3 Å². The monoisotopic (exact) mass is 277 g/mol. The Kier molecular flexibility index (Phi) is 4.62. The van der Waals surface area contributed by atoms with Gasteiger partial charge in [0.15, 0.2) is 0 Å². The molecule has 1 aliphatic heterocycles. The van der Waals surface area contributed by atoms with Crippen molar-refractivity contribution in [2.75, 3.05) is 32.7 Å². The van der Waals surface area contributed by atoms with Crippen LogP contribution in [0.5, 0.6) is 5.75 Å². The second kappa shape index (κ2) is 6.24. The van der Waals surface area contributed by atoms with Gasteiger partial charge in [-0.15, -0.1) is 0 Å². The van der Waals surface area contributed by atoms with E-state index in [-0.39, 0.29) is 11.7 Å². The van der Waals surface area contributed by atoms with Crippen molar-refractivity contribution in [1.82, 2.24) is 9.80 Å². The number of carbonyl (C=O) groups is 1. The summed E-state index contributed by atoms with van der Waals surface area (Å²) < 4.78 is 0. The van der Waals surface area contributed by atoms with E-state index in [2.05, 4.69) is 11.8 Å². The Morgan fingerprint density at radius 2 is 2.00 bits per heavy atom. The number of carbonyl (C=O) groups excluding carboxylic acids is 1. The number of rotatable bonds is 3. The molecular formula is C15H23N3O2. The van der Waals surface area contributed by atoms with Crippen LogP contribution in [0, 0.1) is 6.92 Å². The third-order valence-electron chi connectivity index (χ3n) is 4.01. The van der Waals surface area contributed by atoms with Gasteiger partial charge in [0.05, 0.1) is 0 Å². The van der Waals surface area contributed by atoms with Crippen molar-refractivity contribution < 1.29 is 9.90 Å². The first-order valence-corrected chi connectivity index (χ1v) is 7.06. The zero-order valence-corrected chi connectivity index (χ0v) is 12.2. The van der Waals surface area contributed by atoms with Crippen molar-refractivity contribution >= 4 is 5.91 Å². The van der Waals surface area contributed by atoms with Gasteiger partial charge < -0.3 is 15.7 Å². The van der Waals surface area contributed by atoms with E-state index < -0.39 is 0 Å². The highest BCUT2D eigenvalue weighted by atomic mass is 16.3. The van der Waals surface area contributed by atoms with E-state index in [1.54, 1.807) is 25.1 Å². The molecule has 5 nitrogen and oxygen atoms in total. The molecule has 20 heavy (non-hydrogen) atoms. The molecule has 1 saturated heterocycles. The third-order valence-corrected chi connectivity index (χ3v) is 4.01. The summed E-state index contributed by atoms with van der Waals surface area (Å²) in [7, 11) is 0. The molecular weight excluding hydrogens is 254 g/mol.